The molecule has 4 nitrogen and oxygen atoms in total. The Morgan fingerprint density at radius 2 is 1.89 bits per heavy atom. The summed E-state index contributed by atoms with van der Waals surface area (Å²) in [5.74, 6) is 0.378. The lowest BCUT2D eigenvalue weighted by atomic mass is 9.94. The van der Waals surface area contributed by atoms with E-state index in [2.05, 4.69) is 4.74 Å². The van der Waals surface area contributed by atoms with Crippen molar-refractivity contribution in [3.05, 3.63) is 28.8 Å². The number of carbonyl (C=O) groups excluding carboxylic acids is 1. The van der Waals surface area contributed by atoms with Crippen LogP contribution in [0.3, 0.4) is 0 Å². The predicted octanol–water partition coefficient (Wildman–Crippen LogP) is 2.33. The van der Waals surface area contributed by atoms with Crippen molar-refractivity contribution in [2.45, 2.75) is 32.8 Å². The number of aryl methyl sites for hydroxylation is 1. The summed E-state index contributed by atoms with van der Waals surface area (Å²) in [6, 6.07) is 3.53. The number of esters is 1. The van der Waals surface area contributed by atoms with Crippen molar-refractivity contribution in [2.75, 3.05) is 14.2 Å². The monoisotopic (exact) mass is 252 g/mol. The van der Waals surface area contributed by atoms with Crippen molar-refractivity contribution in [3.8, 4) is 5.75 Å². The van der Waals surface area contributed by atoms with E-state index in [1.165, 1.54) is 7.11 Å². The van der Waals surface area contributed by atoms with Gasteiger partial charge >= 0.3 is 5.97 Å². The second-order valence-electron chi connectivity index (χ2n) is 4.54. The largest absolute Gasteiger partial charge is 0.496 e. The highest BCUT2D eigenvalue weighted by Crippen LogP contribution is 2.33. The molecule has 0 spiro atoms. The van der Waals surface area contributed by atoms with E-state index in [9.17, 15) is 9.90 Å². The second-order valence-corrected chi connectivity index (χ2v) is 4.54. The molecule has 1 aromatic carbocycles. The van der Waals surface area contributed by atoms with Crippen molar-refractivity contribution in [1.29, 1.82) is 0 Å². The Morgan fingerprint density at radius 3 is 2.33 bits per heavy atom. The molecule has 1 atom stereocenters. The molecule has 0 saturated heterocycles. The SMILES string of the molecule is COC(=O)C(O)c1cc(C)c(OC)c(C(C)C)c1. The lowest BCUT2D eigenvalue weighted by Crippen LogP contribution is -2.14. The van der Waals surface area contributed by atoms with Crippen LogP contribution < -0.4 is 4.74 Å². The first kappa shape index (κ1) is 14.5. The number of hydrogen-bond acceptors (Lipinski definition) is 4. The Kier molecular flexibility index (Phi) is 4.73. The number of hydrogen-bond donors (Lipinski definition) is 1. The van der Waals surface area contributed by atoms with E-state index in [-0.39, 0.29) is 5.92 Å². The molecule has 0 aliphatic rings. The Bertz CT molecular complexity index is 438. The van der Waals surface area contributed by atoms with E-state index in [0.29, 0.717) is 5.56 Å². The fraction of sp³-hybridized carbons (Fsp3) is 0.500. The Hall–Kier alpha value is -1.55. The van der Waals surface area contributed by atoms with E-state index in [0.717, 1.165) is 16.9 Å². The number of rotatable bonds is 4. The van der Waals surface area contributed by atoms with Crippen LogP contribution in [0.2, 0.25) is 0 Å². The van der Waals surface area contributed by atoms with E-state index in [1.54, 1.807) is 19.2 Å². The van der Waals surface area contributed by atoms with Crippen molar-refractivity contribution < 1.29 is 19.4 Å². The molecule has 0 amide bonds. The molecule has 0 fully saturated rings. The lowest BCUT2D eigenvalue weighted by Gasteiger charge is -2.18. The highest BCUT2D eigenvalue weighted by Gasteiger charge is 2.21. The zero-order chi connectivity index (χ0) is 13.9. The molecule has 0 heterocycles. The maximum atomic E-state index is 11.4. The number of aliphatic hydroxyl groups excluding tert-OH is 1. The van der Waals surface area contributed by atoms with Gasteiger partial charge in [0.2, 0.25) is 0 Å². The Balaban J connectivity index is 3.28. The smallest absolute Gasteiger partial charge is 0.339 e. The van der Waals surface area contributed by atoms with Gasteiger partial charge in [-0.15, -0.1) is 0 Å². The van der Waals surface area contributed by atoms with Crippen LogP contribution in [0, 0.1) is 6.92 Å². The minimum Gasteiger partial charge on any atom is -0.496 e. The van der Waals surface area contributed by atoms with Gasteiger partial charge in [0.05, 0.1) is 14.2 Å². The lowest BCUT2D eigenvalue weighted by molar-refractivity contribution is -0.150. The standard InChI is InChI=1S/C14H20O4/c1-8(2)11-7-10(12(15)14(16)18-5)6-9(3)13(11)17-4/h6-8,12,15H,1-5H3. The van der Waals surface area contributed by atoms with Crippen molar-refractivity contribution in [2.24, 2.45) is 0 Å². The van der Waals surface area contributed by atoms with Crippen molar-refractivity contribution >= 4 is 5.97 Å². The Labute approximate surface area is 108 Å². The fourth-order valence-corrected chi connectivity index (χ4v) is 1.94. The minimum absolute atomic E-state index is 0.239. The van der Waals surface area contributed by atoms with E-state index >= 15 is 0 Å². The first-order valence-electron chi connectivity index (χ1n) is 5.86. The van der Waals surface area contributed by atoms with Gasteiger partial charge in [-0.05, 0) is 41.7 Å². The van der Waals surface area contributed by atoms with Gasteiger partial charge in [0.1, 0.15) is 5.75 Å². The number of carbonyl (C=O) groups is 1. The van der Waals surface area contributed by atoms with Crippen LogP contribution in [-0.2, 0) is 9.53 Å². The van der Waals surface area contributed by atoms with Gasteiger partial charge in [-0.1, -0.05) is 13.8 Å². The molecule has 0 aliphatic heterocycles. The first-order chi connectivity index (χ1) is 8.42. The van der Waals surface area contributed by atoms with Crippen LogP contribution >= 0.6 is 0 Å². The molecule has 0 aliphatic carbocycles. The first-order valence-corrected chi connectivity index (χ1v) is 5.86. The molecule has 1 rings (SSSR count). The second kappa shape index (κ2) is 5.87. The zero-order valence-corrected chi connectivity index (χ0v) is 11.5. The van der Waals surface area contributed by atoms with Gasteiger partial charge in [0.25, 0.3) is 0 Å². The third kappa shape index (κ3) is 2.82. The molecule has 1 aromatic rings. The van der Waals surface area contributed by atoms with Crippen LogP contribution in [-0.4, -0.2) is 25.3 Å². The summed E-state index contributed by atoms with van der Waals surface area (Å²) < 4.78 is 9.90. The predicted molar refractivity (Wildman–Crippen MR) is 68.8 cm³/mol. The molecule has 18 heavy (non-hydrogen) atoms. The molecule has 4 heteroatoms. The summed E-state index contributed by atoms with van der Waals surface area (Å²) in [5, 5.41) is 9.87. The number of ether oxygens (including phenoxy) is 2. The highest BCUT2D eigenvalue weighted by molar-refractivity contribution is 5.76. The van der Waals surface area contributed by atoms with Crippen LogP contribution in [0.25, 0.3) is 0 Å². The molecule has 1 N–H and O–H groups in total. The van der Waals surface area contributed by atoms with Crippen LogP contribution in [0.5, 0.6) is 5.75 Å². The summed E-state index contributed by atoms with van der Waals surface area (Å²) in [4.78, 5) is 11.4. The maximum Gasteiger partial charge on any atom is 0.339 e. The summed E-state index contributed by atoms with van der Waals surface area (Å²) >= 11 is 0. The van der Waals surface area contributed by atoms with Gasteiger partial charge in [-0.2, -0.15) is 0 Å². The molecular weight excluding hydrogens is 232 g/mol. The molecular formula is C14H20O4. The average molecular weight is 252 g/mol. The van der Waals surface area contributed by atoms with Crippen molar-refractivity contribution in [3.63, 3.8) is 0 Å². The number of methoxy groups -OCH3 is 2. The molecule has 0 bridgehead atoms. The van der Waals surface area contributed by atoms with Gasteiger partial charge in [-0.3, -0.25) is 0 Å². The normalized spacial score (nSPS) is 12.4. The van der Waals surface area contributed by atoms with E-state index in [4.69, 9.17) is 4.74 Å². The Morgan fingerprint density at radius 1 is 1.28 bits per heavy atom. The topological polar surface area (TPSA) is 55.8 Å². The van der Waals surface area contributed by atoms with Crippen molar-refractivity contribution in [1.82, 2.24) is 0 Å². The quantitative estimate of drug-likeness (QED) is 0.836. The molecule has 100 valence electrons. The fourth-order valence-electron chi connectivity index (χ4n) is 1.94. The van der Waals surface area contributed by atoms with Gasteiger partial charge in [0, 0.05) is 0 Å². The third-order valence-corrected chi connectivity index (χ3v) is 2.89. The van der Waals surface area contributed by atoms with Crippen LogP contribution in [0.4, 0.5) is 0 Å². The van der Waals surface area contributed by atoms with Gasteiger partial charge in [0.15, 0.2) is 6.10 Å². The van der Waals surface area contributed by atoms with Crippen LogP contribution in [0.1, 0.15) is 42.6 Å². The summed E-state index contributed by atoms with van der Waals surface area (Å²) in [5.41, 5.74) is 2.39. The summed E-state index contributed by atoms with van der Waals surface area (Å²) in [7, 11) is 2.87. The van der Waals surface area contributed by atoms with Gasteiger partial charge < -0.3 is 14.6 Å². The van der Waals surface area contributed by atoms with Crippen LogP contribution in [0.15, 0.2) is 12.1 Å². The maximum absolute atomic E-state index is 11.4. The van der Waals surface area contributed by atoms with Gasteiger partial charge in [-0.25, -0.2) is 4.79 Å². The van der Waals surface area contributed by atoms with E-state index < -0.39 is 12.1 Å². The number of aliphatic hydroxyl groups is 1. The average Bonchev–Trinajstić information content (AvgIpc) is 2.35. The summed E-state index contributed by atoms with van der Waals surface area (Å²) in [6.07, 6.45) is -1.25. The highest BCUT2D eigenvalue weighted by atomic mass is 16.5. The minimum atomic E-state index is -1.25. The summed E-state index contributed by atoms with van der Waals surface area (Å²) in [6.45, 7) is 5.95. The molecule has 0 aromatic heterocycles. The molecule has 0 radical (unpaired) electrons. The zero-order valence-electron chi connectivity index (χ0n) is 11.5. The van der Waals surface area contributed by atoms with E-state index in [1.807, 2.05) is 20.8 Å². The molecule has 1 unspecified atom stereocenters. The third-order valence-electron chi connectivity index (χ3n) is 2.89. The molecule has 0 saturated carbocycles. The number of benzene rings is 1.